The maximum Gasteiger partial charge on any atom is 0.0771 e. The Kier molecular flexibility index (Phi) is 8.88. The third-order valence-electron chi connectivity index (χ3n) is 1.63. The zero-order valence-electron chi connectivity index (χ0n) is 8.18. The summed E-state index contributed by atoms with van der Waals surface area (Å²) in [5, 5.41) is 12.3. The molecule has 0 saturated carbocycles. The lowest BCUT2D eigenvalue weighted by Gasteiger charge is -2.08. The minimum absolute atomic E-state index is 0.295. The maximum absolute atomic E-state index is 9.12. The number of aliphatic hydroxyl groups is 1. The smallest absolute Gasteiger partial charge is 0.0771 e. The summed E-state index contributed by atoms with van der Waals surface area (Å²) in [6.07, 6.45) is 1.62. The van der Waals surface area contributed by atoms with Crippen LogP contribution in [0.5, 0.6) is 0 Å². The fraction of sp³-hybridized carbons (Fsp3) is 1.00. The van der Waals surface area contributed by atoms with Gasteiger partial charge in [-0.1, -0.05) is 13.8 Å². The molecule has 1 unspecified atom stereocenters. The van der Waals surface area contributed by atoms with Crippen LogP contribution in [0.4, 0.5) is 0 Å². The number of rotatable bonds is 8. The summed E-state index contributed by atoms with van der Waals surface area (Å²) in [6.45, 7) is 7.16. The standard InChI is InChI=1S/C9H21NO2/c1-3-5-10-6-7-12-8-9(11)4-2/h9-11H,3-8H2,1-2H3. The lowest BCUT2D eigenvalue weighted by atomic mass is 10.3. The molecule has 0 aromatic heterocycles. The molecule has 0 aliphatic rings. The highest BCUT2D eigenvalue weighted by atomic mass is 16.5. The zero-order chi connectivity index (χ0) is 9.23. The molecule has 3 nitrogen and oxygen atoms in total. The number of nitrogens with one attached hydrogen (secondary N) is 1. The monoisotopic (exact) mass is 175 g/mol. The van der Waals surface area contributed by atoms with Crippen molar-refractivity contribution in [2.24, 2.45) is 0 Å². The molecule has 0 aromatic rings. The Bertz CT molecular complexity index is 88.6. The molecule has 0 saturated heterocycles. The van der Waals surface area contributed by atoms with Gasteiger partial charge >= 0.3 is 0 Å². The van der Waals surface area contributed by atoms with Crippen LogP contribution in [0.25, 0.3) is 0 Å². The summed E-state index contributed by atoms with van der Waals surface area (Å²) >= 11 is 0. The average Bonchev–Trinajstić information content (AvgIpc) is 2.10. The van der Waals surface area contributed by atoms with E-state index in [0.717, 1.165) is 25.9 Å². The van der Waals surface area contributed by atoms with Crippen LogP contribution in [0.3, 0.4) is 0 Å². The summed E-state index contributed by atoms with van der Waals surface area (Å²) in [6, 6.07) is 0. The van der Waals surface area contributed by atoms with Crippen molar-refractivity contribution in [3.8, 4) is 0 Å². The molecule has 0 bridgehead atoms. The Labute approximate surface area is 75.1 Å². The van der Waals surface area contributed by atoms with Gasteiger partial charge in [0.1, 0.15) is 0 Å². The molecule has 0 fully saturated rings. The van der Waals surface area contributed by atoms with E-state index >= 15 is 0 Å². The molecule has 0 heterocycles. The largest absolute Gasteiger partial charge is 0.391 e. The highest BCUT2D eigenvalue weighted by Gasteiger charge is 1.98. The number of aliphatic hydroxyl groups excluding tert-OH is 1. The van der Waals surface area contributed by atoms with E-state index in [2.05, 4.69) is 12.2 Å². The highest BCUT2D eigenvalue weighted by Crippen LogP contribution is 1.89. The molecule has 1 atom stereocenters. The lowest BCUT2D eigenvalue weighted by molar-refractivity contribution is 0.0364. The van der Waals surface area contributed by atoms with E-state index in [-0.39, 0.29) is 6.10 Å². The molecule has 0 aliphatic heterocycles. The topological polar surface area (TPSA) is 41.5 Å². The molecular formula is C9H21NO2. The van der Waals surface area contributed by atoms with Gasteiger partial charge in [0.25, 0.3) is 0 Å². The fourth-order valence-electron chi connectivity index (χ4n) is 0.783. The minimum Gasteiger partial charge on any atom is -0.391 e. The van der Waals surface area contributed by atoms with Crippen molar-refractivity contribution in [2.45, 2.75) is 32.8 Å². The summed E-state index contributed by atoms with van der Waals surface area (Å²) in [4.78, 5) is 0. The maximum atomic E-state index is 9.12. The number of ether oxygens (including phenoxy) is 1. The molecule has 3 heteroatoms. The van der Waals surface area contributed by atoms with E-state index < -0.39 is 0 Å². The van der Waals surface area contributed by atoms with Gasteiger partial charge in [-0.3, -0.25) is 0 Å². The molecular weight excluding hydrogens is 154 g/mol. The first-order valence-electron chi connectivity index (χ1n) is 4.77. The number of hydrogen-bond acceptors (Lipinski definition) is 3. The second-order valence-electron chi connectivity index (χ2n) is 2.89. The lowest BCUT2D eigenvalue weighted by Crippen LogP contribution is -2.23. The third-order valence-corrected chi connectivity index (χ3v) is 1.63. The minimum atomic E-state index is -0.295. The van der Waals surface area contributed by atoms with Gasteiger partial charge in [0, 0.05) is 6.54 Å². The van der Waals surface area contributed by atoms with Crippen LogP contribution >= 0.6 is 0 Å². The predicted molar refractivity (Wildman–Crippen MR) is 50.3 cm³/mol. The van der Waals surface area contributed by atoms with Gasteiger partial charge in [0.2, 0.25) is 0 Å². The first kappa shape index (κ1) is 11.9. The van der Waals surface area contributed by atoms with Crippen LogP contribution in [-0.2, 0) is 4.74 Å². The Morgan fingerprint density at radius 2 is 2.08 bits per heavy atom. The Morgan fingerprint density at radius 3 is 2.67 bits per heavy atom. The Hall–Kier alpha value is -0.120. The van der Waals surface area contributed by atoms with Gasteiger partial charge in [-0.05, 0) is 19.4 Å². The van der Waals surface area contributed by atoms with E-state index in [9.17, 15) is 0 Å². The summed E-state index contributed by atoms with van der Waals surface area (Å²) in [5.41, 5.74) is 0. The molecule has 12 heavy (non-hydrogen) atoms. The van der Waals surface area contributed by atoms with Crippen molar-refractivity contribution in [1.29, 1.82) is 0 Å². The van der Waals surface area contributed by atoms with Crippen molar-refractivity contribution in [2.75, 3.05) is 26.3 Å². The first-order valence-corrected chi connectivity index (χ1v) is 4.77. The normalized spacial score (nSPS) is 13.2. The van der Waals surface area contributed by atoms with E-state index in [4.69, 9.17) is 9.84 Å². The molecule has 0 aliphatic carbocycles. The molecule has 0 rings (SSSR count). The van der Waals surface area contributed by atoms with Gasteiger partial charge in [0.05, 0.1) is 19.3 Å². The van der Waals surface area contributed by atoms with Gasteiger partial charge in [0.15, 0.2) is 0 Å². The quantitative estimate of drug-likeness (QED) is 0.535. The van der Waals surface area contributed by atoms with Crippen molar-refractivity contribution in [3.63, 3.8) is 0 Å². The Morgan fingerprint density at radius 1 is 1.33 bits per heavy atom. The van der Waals surface area contributed by atoms with Crippen LogP contribution in [0.15, 0.2) is 0 Å². The summed E-state index contributed by atoms with van der Waals surface area (Å²) in [7, 11) is 0. The van der Waals surface area contributed by atoms with Gasteiger partial charge in [-0.15, -0.1) is 0 Å². The second-order valence-corrected chi connectivity index (χ2v) is 2.89. The van der Waals surface area contributed by atoms with E-state index in [0.29, 0.717) is 13.2 Å². The molecule has 0 radical (unpaired) electrons. The van der Waals surface area contributed by atoms with E-state index in [1.54, 1.807) is 0 Å². The van der Waals surface area contributed by atoms with E-state index in [1.165, 1.54) is 0 Å². The van der Waals surface area contributed by atoms with Gasteiger partial charge in [-0.2, -0.15) is 0 Å². The number of hydrogen-bond donors (Lipinski definition) is 2. The first-order chi connectivity index (χ1) is 5.81. The summed E-state index contributed by atoms with van der Waals surface area (Å²) < 4.78 is 5.22. The SMILES string of the molecule is CCCNCCOCC(O)CC. The molecule has 0 aromatic carbocycles. The van der Waals surface area contributed by atoms with Crippen molar-refractivity contribution < 1.29 is 9.84 Å². The van der Waals surface area contributed by atoms with E-state index in [1.807, 2.05) is 6.92 Å². The summed E-state index contributed by atoms with van der Waals surface area (Å²) in [5.74, 6) is 0. The predicted octanol–water partition coefficient (Wildman–Crippen LogP) is 0.773. The van der Waals surface area contributed by atoms with Crippen molar-refractivity contribution >= 4 is 0 Å². The van der Waals surface area contributed by atoms with Crippen molar-refractivity contribution in [1.82, 2.24) is 5.32 Å². The van der Waals surface area contributed by atoms with Crippen LogP contribution in [-0.4, -0.2) is 37.5 Å². The Balaban J connectivity index is 2.90. The molecule has 0 spiro atoms. The molecule has 2 N–H and O–H groups in total. The van der Waals surface area contributed by atoms with Gasteiger partial charge < -0.3 is 15.2 Å². The zero-order valence-corrected chi connectivity index (χ0v) is 8.18. The van der Waals surface area contributed by atoms with Crippen LogP contribution in [0.2, 0.25) is 0 Å². The highest BCUT2D eigenvalue weighted by molar-refractivity contribution is 4.49. The fourth-order valence-corrected chi connectivity index (χ4v) is 0.783. The van der Waals surface area contributed by atoms with Crippen LogP contribution in [0, 0.1) is 0 Å². The molecule has 74 valence electrons. The average molecular weight is 175 g/mol. The van der Waals surface area contributed by atoms with Crippen molar-refractivity contribution in [3.05, 3.63) is 0 Å². The van der Waals surface area contributed by atoms with Gasteiger partial charge in [-0.25, -0.2) is 0 Å². The third kappa shape index (κ3) is 7.98. The second kappa shape index (κ2) is 8.97. The molecule has 0 amide bonds. The van der Waals surface area contributed by atoms with Crippen LogP contribution < -0.4 is 5.32 Å². The van der Waals surface area contributed by atoms with Crippen LogP contribution in [0.1, 0.15) is 26.7 Å².